The van der Waals surface area contributed by atoms with Gasteiger partial charge in [0, 0.05) is 42.5 Å². The molecule has 0 radical (unpaired) electrons. The molecule has 130 valence electrons. The number of anilines is 1. The van der Waals surface area contributed by atoms with Crippen LogP contribution in [0.4, 0.5) is 5.69 Å². The van der Waals surface area contributed by atoms with E-state index >= 15 is 0 Å². The van der Waals surface area contributed by atoms with Crippen molar-refractivity contribution in [1.29, 1.82) is 0 Å². The predicted molar refractivity (Wildman–Crippen MR) is 100 cm³/mol. The van der Waals surface area contributed by atoms with E-state index in [1.165, 1.54) is 12.3 Å². The van der Waals surface area contributed by atoms with Crippen molar-refractivity contribution in [1.82, 2.24) is 9.88 Å². The van der Waals surface area contributed by atoms with Gasteiger partial charge in [-0.2, -0.15) is 0 Å². The van der Waals surface area contributed by atoms with Crippen molar-refractivity contribution < 1.29 is 9.90 Å². The first-order valence-electron chi connectivity index (χ1n) is 8.10. The highest BCUT2D eigenvalue weighted by molar-refractivity contribution is 6.30. The monoisotopic (exact) mass is 357 g/mol. The van der Waals surface area contributed by atoms with E-state index < -0.39 is 0 Å². The van der Waals surface area contributed by atoms with Crippen molar-refractivity contribution in [2.75, 3.05) is 31.1 Å². The molecule has 0 unspecified atom stereocenters. The summed E-state index contributed by atoms with van der Waals surface area (Å²) in [5.41, 5.74) is 3.43. The van der Waals surface area contributed by atoms with E-state index in [1.54, 1.807) is 11.0 Å². The van der Waals surface area contributed by atoms with Gasteiger partial charge in [-0.15, -0.1) is 0 Å². The van der Waals surface area contributed by atoms with Gasteiger partial charge in [-0.3, -0.25) is 4.79 Å². The number of aromatic nitrogens is 1. The highest BCUT2D eigenvalue weighted by atomic mass is 35.5. The van der Waals surface area contributed by atoms with Crippen LogP contribution in [0.3, 0.4) is 0 Å². The Morgan fingerprint density at radius 3 is 2.52 bits per heavy atom. The molecule has 1 fully saturated rings. The van der Waals surface area contributed by atoms with E-state index in [0.717, 1.165) is 29.9 Å². The molecule has 25 heavy (non-hydrogen) atoms. The van der Waals surface area contributed by atoms with Gasteiger partial charge in [0.25, 0.3) is 5.91 Å². The van der Waals surface area contributed by atoms with Crippen LogP contribution in [0.1, 0.15) is 23.0 Å². The minimum Gasteiger partial charge on any atom is -0.506 e. The van der Waals surface area contributed by atoms with Crippen LogP contribution in [0.25, 0.3) is 5.57 Å². The molecule has 0 atom stereocenters. The lowest BCUT2D eigenvalue weighted by Crippen LogP contribution is -2.49. The Balaban J connectivity index is 1.71. The molecular weight excluding hydrogens is 338 g/mol. The predicted octanol–water partition coefficient (Wildman–Crippen LogP) is 3.44. The van der Waals surface area contributed by atoms with Crippen LogP contribution >= 0.6 is 11.6 Å². The number of carbonyl (C=O) groups excluding carboxylic acids is 1. The number of piperazine rings is 1. The number of halogens is 1. The molecule has 3 rings (SSSR count). The van der Waals surface area contributed by atoms with Gasteiger partial charge < -0.3 is 14.9 Å². The molecule has 1 aliphatic rings. The first-order valence-corrected chi connectivity index (χ1v) is 8.48. The van der Waals surface area contributed by atoms with Gasteiger partial charge in [-0.05, 0) is 42.8 Å². The SMILES string of the molecule is C=C(C)c1cc(Cl)ccc1N1CCN(C(=O)c2ccc(O)cn2)CC1. The van der Waals surface area contributed by atoms with Crippen molar-refractivity contribution in [3.05, 3.63) is 59.4 Å². The maximum absolute atomic E-state index is 12.5. The van der Waals surface area contributed by atoms with Crippen LogP contribution in [0.2, 0.25) is 5.02 Å². The van der Waals surface area contributed by atoms with Crippen molar-refractivity contribution in [2.24, 2.45) is 0 Å². The number of pyridine rings is 1. The number of amides is 1. The normalized spacial score (nSPS) is 14.5. The van der Waals surface area contributed by atoms with Gasteiger partial charge in [0.2, 0.25) is 0 Å². The second kappa shape index (κ2) is 7.15. The molecule has 2 aromatic rings. The van der Waals surface area contributed by atoms with Crippen LogP contribution in [0.15, 0.2) is 43.1 Å². The molecular formula is C19H20ClN3O2. The molecule has 5 nitrogen and oxygen atoms in total. The maximum Gasteiger partial charge on any atom is 0.272 e. The first kappa shape index (κ1) is 17.3. The highest BCUT2D eigenvalue weighted by Gasteiger charge is 2.24. The molecule has 6 heteroatoms. The van der Waals surface area contributed by atoms with Crippen LogP contribution < -0.4 is 4.90 Å². The molecule has 1 N–H and O–H groups in total. The lowest BCUT2D eigenvalue weighted by Gasteiger charge is -2.37. The number of allylic oxidation sites excluding steroid dienone is 1. The molecule has 0 saturated carbocycles. The van der Waals surface area contributed by atoms with Gasteiger partial charge in [0.1, 0.15) is 11.4 Å². The zero-order valence-electron chi connectivity index (χ0n) is 14.1. The summed E-state index contributed by atoms with van der Waals surface area (Å²) in [4.78, 5) is 20.5. The number of rotatable bonds is 3. The van der Waals surface area contributed by atoms with Gasteiger partial charge in [0.05, 0.1) is 6.20 Å². The minimum absolute atomic E-state index is 0.0523. The molecule has 1 aromatic heterocycles. The van der Waals surface area contributed by atoms with Crippen LogP contribution in [0.5, 0.6) is 5.75 Å². The number of carbonyl (C=O) groups is 1. The second-order valence-corrected chi connectivity index (χ2v) is 6.56. The Kier molecular flexibility index (Phi) is 4.95. The number of aromatic hydroxyl groups is 1. The van der Waals surface area contributed by atoms with E-state index in [2.05, 4.69) is 16.5 Å². The Hall–Kier alpha value is -2.53. The van der Waals surface area contributed by atoms with Crippen LogP contribution in [0, 0.1) is 0 Å². The summed E-state index contributed by atoms with van der Waals surface area (Å²) < 4.78 is 0. The Bertz CT molecular complexity index is 797. The number of hydrogen-bond donors (Lipinski definition) is 1. The molecule has 0 aliphatic carbocycles. The average Bonchev–Trinajstić information content (AvgIpc) is 2.62. The number of nitrogens with zero attached hydrogens (tertiary/aromatic N) is 3. The summed E-state index contributed by atoms with van der Waals surface area (Å²) in [5.74, 6) is -0.0627. The third kappa shape index (κ3) is 3.77. The summed E-state index contributed by atoms with van der Waals surface area (Å²) in [7, 11) is 0. The molecule has 1 amide bonds. The van der Waals surface area contributed by atoms with Gasteiger partial charge >= 0.3 is 0 Å². The number of hydrogen-bond acceptors (Lipinski definition) is 4. The van der Waals surface area contributed by atoms with Gasteiger partial charge in [-0.25, -0.2) is 4.98 Å². The summed E-state index contributed by atoms with van der Waals surface area (Å²) in [6, 6.07) is 8.83. The zero-order chi connectivity index (χ0) is 18.0. The maximum atomic E-state index is 12.5. The quantitative estimate of drug-likeness (QED) is 0.914. The van der Waals surface area contributed by atoms with Crippen molar-refractivity contribution in [3.63, 3.8) is 0 Å². The summed E-state index contributed by atoms with van der Waals surface area (Å²) in [6.45, 7) is 8.67. The second-order valence-electron chi connectivity index (χ2n) is 6.12. The fourth-order valence-electron chi connectivity index (χ4n) is 2.95. The van der Waals surface area contributed by atoms with Gasteiger partial charge in [-0.1, -0.05) is 18.2 Å². The Morgan fingerprint density at radius 1 is 1.20 bits per heavy atom. The topological polar surface area (TPSA) is 56.7 Å². The summed E-state index contributed by atoms with van der Waals surface area (Å²) in [6.07, 6.45) is 1.29. The lowest BCUT2D eigenvalue weighted by atomic mass is 10.1. The Labute approximate surface area is 152 Å². The molecule has 0 bridgehead atoms. The van der Waals surface area contributed by atoms with E-state index in [0.29, 0.717) is 23.8 Å². The zero-order valence-corrected chi connectivity index (χ0v) is 14.8. The average molecular weight is 358 g/mol. The molecule has 1 aliphatic heterocycles. The number of benzene rings is 1. The third-order valence-electron chi connectivity index (χ3n) is 4.29. The molecule has 2 heterocycles. The smallest absolute Gasteiger partial charge is 0.272 e. The summed E-state index contributed by atoms with van der Waals surface area (Å²) in [5, 5.41) is 9.98. The standard InChI is InChI=1S/C19H20ClN3O2/c1-13(2)16-11-14(20)3-6-18(16)22-7-9-23(10-8-22)19(25)17-5-4-15(24)12-21-17/h3-6,11-12,24H,1,7-10H2,2H3. The minimum atomic E-state index is -0.115. The Morgan fingerprint density at radius 2 is 1.92 bits per heavy atom. The van der Waals surface area contributed by atoms with Gasteiger partial charge in [0.15, 0.2) is 0 Å². The van der Waals surface area contributed by atoms with E-state index in [9.17, 15) is 9.90 Å². The molecule has 1 aromatic carbocycles. The van der Waals surface area contributed by atoms with Crippen LogP contribution in [-0.4, -0.2) is 47.1 Å². The lowest BCUT2D eigenvalue weighted by molar-refractivity contribution is 0.0741. The first-order chi connectivity index (χ1) is 12.0. The van der Waals surface area contributed by atoms with Crippen LogP contribution in [-0.2, 0) is 0 Å². The van der Waals surface area contributed by atoms with E-state index in [-0.39, 0.29) is 11.7 Å². The largest absolute Gasteiger partial charge is 0.506 e. The third-order valence-corrected chi connectivity index (χ3v) is 4.53. The van der Waals surface area contributed by atoms with Crippen molar-refractivity contribution >= 4 is 28.8 Å². The van der Waals surface area contributed by atoms with E-state index in [1.807, 2.05) is 25.1 Å². The molecule has 0 spiro atoms. The van der Waals surface area contributed by atoms with Crippen molar-refractivity contribution in [2.45, 2.75) is 6.92 Å². The van der Waals surface area contributed by atoms with E-state index in [4.69, 9.17) is 11.6 Å². The highest BCUT2D eigenvalue weighted by Crippen LogP contribution is 2.30. The van der Waals surface area contributed by atoms with Crippen molar-refractivity contribution in [3.8, 4) is 5.75 Å². The summed E-state index contributed by atoms with van der Waals surface area (Å²) >= 11 is 6.11. The fourth-order valence-corrected chi connectivity index (χ4v) is 3.12. The fraction of sp³-hybridized carbons (Fsp3) is 0.263. The molecule has 1 saturated heterocycles.